The molecule has 0 aliphatic heterocycles. The maximum Gasteiger partial charge on any atom is 0.448 e. The zero-order valence-electron chi connectivity index (χ0n) is 17.9. The first kappa shape index (κ1) is 25.4. The molecule has 0 aliphatic carbocycles. The molecular weight excluding hydrogens is 432 g/mol. The minimum atomic E-state index is -1.47. The largest absolute Gasteiger partial charge is 0.480 e. The number of aliphatic carboxylic acids is 1. The second-order valence-corrected chi connectivity index (χ2v) is 6.97. The summed E-state index contributed by atoms with van der Waals surface area (Å²) in [5.74, 6) is -1.20. The Hall–Kier alpha value is -3.87. The first-order chi connectivity index (χ1) is 15.8. The summed E-state index contributed by atoms with van der Waals surface area (Å²) in [6, 6.07) is 15.3. The van der Waals surface area contributed by atoms with Crippen molar-refractivity contribution in [2.75, 3.05) is 11.9 Å². The lowest BCUT2D eigenvalue weighted by molar-refractivity contribution is -0.187. The molecule has 8 N–H and O–H groups in total. The van der Waals surface area contributed by atoms with Crippen molar-refractivity contribution in [2.24, 2.45) is 5.73 Å². The minimum absolute atomic E-state index is 0.0692. The Morgan fingerprint density at radius 1 is 1.00 bits per heavy atom. The molecule has 0 aliphatic rings. The molecule has 0 heterocycles. The van der Waals surface area contributed by atoms with Crippen molar-refractivity contribution in [3.05, 3.63) is 65.7 Å². The Kier molecular flexibility index (Phi) is 10.4. The lowest BCUT2D eigenvalue weighted by Crippen LogP contribution is -2.55. The lowest BCUT2D eigenvalue weighted by Gasteiger charge is -2.22. The molecule has 0 unspecified atom stereocenters. The Bertz CT molecular complexity index is 896. The summed E-state index contributed by atoms with van der Waals surface area (Å²) >= 11 is 0. The Balaban J connectivity index is 1.79. The smallest absolute Gasteiger partial charge is 0.448 e. The maximum absolute atomic E-state index is 11.4. The van der Waals surface area contributed by atoms with Crippen LogP contribution in [0.4, 0.5) is 15.3 Å². The van der Waals surface area contributed by atoms with Crippen molar-refractivity contribution in [1.82, 2.24) is 21.4 Å². The summed E-state index contributed by atoms with van der Waals surface area (Å²) in [5, 5.41) is 24.6. The molecule has 0 spiro atoms. The van der Waals surface area contributed by atoms with E-state index in [0.717, 1.165) is 11.3 Å². The van der Waals surface area contributed by atoms with Gasteiger partial charge < -0.3 is 26.6 Å². The van der Waals surface area contributed by atoms with Gasteiger partial charge in [0.25, 0.3) is 0 Å². The average molecular weight is 460 g/mol. The van der Waals surface area contributed by atoms with E-state index in [9.17, 15) is 24.6 Å². The summed E-state index contributed by atoms with van der Waals surface area (Å²) in [5.41, 5.74) is 12.3. The fourth-order valence-corrected chi connectivity index (χ4v) is 2.70. The molecule has 12 nitrogen and oxygen atoms in total. The number of hydrogen-bond acceptors (Lipinski definition) is 7. The number of anilines is 1. The number of hydrazine groups is 2. The second kappa shape index (κ2) is 13.5. The van der Waals surface area contributed by atoms with Crippen LogP contribution in [0.5, 0.6) is 0 Å². The summed E-state index contributed by atoms with van der Waals surface area (Å²) in [7, 11) is 0. The summed E-state index contributed by atoms with van der Waals surface area (Å²) in [6.07, 6.45) is -1.05. The molecule has 1 atom stereocenters. The highest BCUT2D eigenvalue weighted by Gasteiger charge is 2.20. The highest BCUT2D eigenvalue weighted by molar-refractivity contribution is 5.73. The standard InChI is InChI=1S/C21H28N6O6/c22-20(30)23-12-4-7-18(19(28)29)25-26-27(21(31)32)33-14-16-8-10-17(11-9-16)24-13-15-5-2-1-3-6-15/h1-3,5-6,8-11,18,24-26H,4,7,12-14H2,(H,28,29)(H,31,32)(H3,22,23,30)/t18-/m0/s1. The van der Waals surface area contributed by atoms with E-state index in [1.54, 1.807) is 12.1 Å². The molecule has 0 saturated heterocycles. The number of carboxylic acids is 1. The third kappa shape index (κ3) is 9.86. The summed E-state index contributed by atoms with van der Waals surface area (Å²) < 4.78 is 0. The SMILES string of the molecule is NC(=O)NCCC[C@H](NNN(OCc1ccc(NCc2ccccc2)cc1)C(=O)O)C(=O)O. The van der Waals surface area contributed by atoms with Gasteiger partial charge in [0.1, 0.15) is 12.6 Å². The zero-order valence-corrected chi connectivity index (χ0v) is 17.9. The lowest BCUT2D eigenvalue weighted by atomic mass is 10.1. The first-order valence-electron chi connectivity index (χ1n) is 10.1. The van der Waals surface area contributed by atoms with Gasteiger partial charge in [0.05, 0.1) is 0 Å². The van der Waals surface area contributed by atoms with Crippen molar-refractivity contribution < 1.29 is 29.4 Å². The van der Waals surface area contributed by atoms with Crippen LogP contribution in [-0.2, 0) is 22.8 Å². The normalized spacial score (nSPS) is 11.4. The molecule has 3 amide bonds. The van der Waals surface area contributed by atoms with E-state index in [1.807, 2.05) is 42.5 Å². The van der Waals surface area contributed by atoms with E-state index < -0.39 is 24.1 Å². The molecule has 0 radical (unpaired) electrons. The van der Waals surface area contributed by atoms with Crippen molar-refractivity contribution in [2.45, 2.75) is 32.0 Å². The van der Waals surface area contributed by atoms with Crippen LogP contribution in [0, 0.1) is 0 Å². The number of carbonyl (C=O) groups excluding carboxylic acids is 1. The van der Waals surface area contributed by atoms with Crippen LogP contribution < -0.4 is 27.3 Å². The topological polar surface area (TPSA) is 178 Å². The third-order valence-corrected chi connectivity index (χ3v) is 4.43. The molecule has 2 aromatic carbocycles. The van der Waals surface area contributed by atoms with E-state index in [4.69, 9.17) is 10.6 Å². The zero-order chi connectivity index (χ0) is 24.1. The molecule has 33 heavy (non-hydrogen) atoms. The Morgan fingerprint density at radius 3 is 2.30 bits per heavy atom. The van der Waals surface area contributed by atoms with Crippen LogP contribution in [0.3, 0.4) is 0 Å². The number of benzene rings is 2. The number of nitrogens with one attached hydrogen (secondary N) is 4. The summed E-state index contributed by atoms with van der Waals surface area (Å²) in [4.78, 5) is 38.6. The van der Waals surface area contributed by atoms with Gasteiger partial charge in [-0.15, -0.1) is 5.53 Å². The summed E-state index contributed by atoms with van der Waals surface area (Å²) in [6.45, 7) is 0.790. The van der Waals surface area contributed by atoms with Crippen LogP contribution in [0.15, 0.2) is 54.6 Å². The van der Waals surface area contributed by atoms with Crippen LogP contribution in [0.25, 0.3) is 0 Å². The quantitative estimate of drug-likeness (QED) is 0.163. The fourth-order valence-electron chi connectivity index (χ4n) is 2.70. The molecular formula is C21H28N6O6. The van der Waals surface area contributed by atoms with Gasteiger partial charge >= 0.3 is 18.1 Å². The number of carbonyl (C=O) groups is 3. The monoisotopic (exact) mass is 460 g/mol. The number of carboxylic acid groups (broad SMARTS) is 2. The van der Waals surface area contributed by atoms with Crippen molar-refractivity contribution in [3.63, 3.8) is 0 Å². The molecule has 0 aromatic heterocycles. The van der Waals surface area contributed by atoms with Gasteiger partial charge in [-0.25, -0.2) is 19.9 Å². The van der Waals surface area contributed by atoms with E-state index in [-0.39, 0.29) is 19.6 Å². The van der Waals surface area contributed by atoms with Gasteiger partial charge in [0.2, 0.25) is 0 Å². The number of nitrogens with zero attached hydrogens (tertiary/aromatic N) is 1. The van der Waals surface area contributed by atoms with Crippen LogP contribution in [0.2, 0.25) is 0 Å². The van der Waals surface area contributed by atoms with Crippen molar-refractivity contribution in [3.8, 4) is 0 Å². The van der Waals surface area contributed by atoms with Gasteiger partial charge in [0.15, 0.2) is 0 Å². The van der Waals surface area contributed by atoms with E-state index in [1.165, 1.54) is 0 Å². The second-order valence-electron chi connectivity index (χ2n) is 6.97. The van der Waals surface area contributed by atoms with Crippen LogP contribution >= 0.6 is 0 Å². The fraction of sp³-hybridized carbons (Fsp3) is 0.286. The number of urea groups is 1. The van der Waals surface area contributed by atoms with E-state index in [0.29, 0.717) is 23.7 Å². The molecule has 2 rings (SSSR count). The highest BCUT2D eigenvalue weighted by Crippen LogP contribution is 2.12. The average Bonchev–Trinajstić information content (AvgIpc) is 2.79. The molecule has 12 heteroatoms. The van der Waals surface area contributed by atoms with E-state index >= 15 is 0 Å². The number of amides is 3. The third-order valence-electron chi connectivity index (χ3n) is 4.43. The predicted molar refractivity (Wildman–Crippen MR) is 119 cm³/mol. The van der Waals surface area contributed by atoms with Gasteiger partial charge in [-0.3, -0.25) is 4.79 Å². The van der Waals surface area contributed by atoms with E-state index in [2.05, 4.69) is 21.6 Å². The first-order valence-corrected chi connectivity index (χ1v) is 10.1. The minimum Gasteiger partial charge on any atom is -0.480 e. The Morgan fingerprint density at radius 2 is 1.70 bits per heavy atom. The molecule has 2 aromatic rings. The van der Waals surface area contributed by atoms with Gasteiger partial charge in [-0.2, -0.15) is 0 Å². The highest BCUT2D eigenvalue weighted by atomic mass is 16.7. The molecule has 0 saturated carbocycles. The van der Waals surface area contributed by atoms with Gasteiger partial charge in [-0.05, 0) is 36.1 Å². The Labute approximate surface area is 190 Å². The van der Waals surface area contributed by atoms with Crippen molar-refractivity contribution >= 4 is 23.8 Å². The number of rotatable bonds is 14. The molecule has 178 valence electrons. The van der Waals surface area contributed by atoms with Gasteiger partial charge in [0, 0.05) is 18.8 Å². The maximum atomic E-state index is 11.4. The number of primary amides is 1. The van der Waals surface area contributed by atoms with Crippen LogP contribution in [0.1, 0.15) is 24.0 Å². The van der Waals surface area contributed by atoms with Crippen molar-refractivity contribution in [1.29, 1.82) is 0 Å². The molecule has 0 fully saturated rings. The van der Waals surface area contributed by atoms with Gasteiger partial charge in [-0.1, -0.05) is 47.6 Å². The molecule has 0 bridgehead atoms. The predicted octanol–water partition coefficient (Wildman–Crippen LogP) is 1.62. The number of hydrogen-bond donors (Lipinski definition) is 7. The number of hydroxylamine groups is 1. The number of nitrogens with two attached hydrogens (primary N) is 1. The van der Waals surface area contributed by atoms with Crippen LogP contribution in [-0.4, -0.2) is 46.1 Å².